The molecule has 2 aromatic carbocycles. The number of aryl methyl sites for hydroxylation is 1. The van der Waals surface area contributed by atoms with Gasteiger partial charge in [0.2, 0.25) is 0 Å². The van der Waals surface area contributed by atoms with Crippen LogP contribution >= 0.6 is 0 Å². The van der Waals surface area contributed by atoms with Gasteiger partial charge >= 0.3 is 6.03 Å². The highest BCUT2D eigenvalue weighted by atomic mass is 16.2. The molecular weight excluding hydrogens is 276 g/mol. The molecule has 0 unspecified atom stereocenters. The Kier molecular flexibility index (Phi) is 4.34. The van der Waals surface area contributed by atoms with E-state index in [-0.39, 0.29) is 6.03 Å². The van der Waals surface area contributed by atoms with E-state index < -0.39 is 0 Å². The van der Waals surface area contributed by atoms with Crippen LogP contribution in [-0.2, 0) is 6.54 Å². The van der Waals surface area contributed by atoms with Gasteiger partial charge in [-0.05, 0) is 23.9 Å². The molecule has 0 aliphatic rings. The zero-order chi connectivity index (χ0) is 15.2. The third-order valence-electron chi connectivity index (χ3n) is 3.45. The van der Waals surface area contributed by atoms with Gasteiger partial charge < -0.3 is 10.6 Å². The summed E-state index contributed by atoms with van der Waals surface area (Å²) < 4.78 is 1.85. The quantitative estimate of drug-likeness (QED) is 0.710. The molecule has 0 aliphatic carbocycles. The largest absolute Gasteiger partial charge is 0.338 e. The summed E-state index contributed by atoms with van der Waals surface area (Å²) in [5.41, 5.74) is 0.822. The van der Waals surface area contributed by atoms with Gasteiger partial charge in [0.25, 0.3) is 0 Å². The van der Waals surface area contributed by atoms with Crippen molar-refractivity contribution < 1.29 is 4.79 Å². The predicted molar refractivity (Wildman–Crippen MR) is 87.8 cm³/mol. The van der Waals surface area contributed by atoms with Gasteiger partial charge in [-0.2, -0.15) is 5.10 Å². The molecule has 5 heteroatoms. The summed E-state index contributed by atoms with van der Waals surface area (Å²) in [6.45, 7) is 1.40. The summed E-state index contributed by atoms with van der Waals surface area (Å²) in [7, 11) is 0. The number of urea groups is 1. The fourth-order valence-corrected chi connectivity index (χ4v) is 2.38. The van der Waals surface area contributed by atoms with Gasteiger partial charge in [-0.3, -0.25) is 4.68 Å². The molecule has 0 saturated heterocycles. The number of carbonyl (C=O) groups is 1. The van der Waals surface area contributed by atoms with E-state index in [1.54, 1.807) is 6.20 Å². The summed E-state index contributed by atoms with van der Waals surface area (Å²) in [5, 5.41) is 12.0. The predicted octanol–water partition coefficient (Wildman–Crippen LogP) is 3.25. The Bertz CT molecular complexity index is 747. The second-order valence-electron chi connectivity index (χ2n) is 5.03. The van der Waals surface area contributed by atoms with Crippen LogP contribution in [0.1, 0.15) is 6.42 Å². The van der Waals surface area contributed by atoms with Crippen LogP contribution in [-0.4, -0.2) is 22.4 Å². The Morgan fingerprint density at radius 1 is 1.09 bits per heavy atom. The SMILES string of the molecule is O=C(NCCCn1cccn1)Nc1cccc2ccccc12. The maximum absolute atomic E-state index is 12.0. The van der Waals surface area contributed by atoms with E-state index in [9.17, 15) is 4.79 Å². The Balaban J connectivity index is 1.52. The van der Waals surface area contributed by atoms with E-state index in [1.807, 2.05) is 59.4 Å². The monoisotopic (exact) mass is 294 g/mol. The number of benzene rings is 2. The first kappa shape index (κ1) is 14.1. The number of amides is 2. The van der Waals surface area contributed by atoms with E-state index in [1.165, 1.54) is 0 Å². The molecule has 112 valence electrons. The summed E-state index contributed by atoms with van der Waals surface area (Å²) in [5.74, 6) is 0. The van der Waals surface area contributed by atoms with E-state index in [0.29, 0.717) is 6.54 Å². The maximum atomic E-state index is 12.0. The van der Waals surface area contributed by atoms with Crippen molar-refractivity contribution in [3.8, 4) is 0 Å². The molecule has 2 amide bonds. The molecule has 1 aromatic heterocycles. The minimum atomic E-state index is -0.184. The molecule has 2 N–H and O–H groups in total. The lowest BCUT2D eigenvalue weighted by Crippen LogP contribution is -2.30. The average molecular weight is 294 g/mol. The summed E-state index contributed by atoms with van der Waals surface area (Å²) in [6.07, 6.45) is 4.50. The van der Waals surface area contributed by atoms with Crippen molar-refractivity contribution in [2.24, 2.45) is 0 Å². The van der Waals surface area contributed by atoms with E-state index >= 15 is 0 Å². The third kappa shape index (κ3) is 3.44. The van der Waals surface area contributed by atoms with Gasteiger partial charge in [-0.15, -0.1) is 0 Å². The zero-order valence-electron chi connectivity index (χ0n) is 12.2. The Morgan fingerprint density at radius 2 is 1.95 bits per heavy atom. The summed E-state index contributed by atoms with van der Waals surface area (Å²) >= 11 is 0. The normalized spacial score (nSPS) is 10.5. The maximum Gasteiger partial charge on any atom is 0.319 e. The zero-order valence-corrected chi connectivity index (χ0v) is 12.2. The fraction of sp³-hybridized carbons (Fsp3) is 0.176. The Morgan fingerprint density at radius 3 is 2.82 bits per heavy atom. The molecule has 3 aromatic rings. The van der Waals surface area contributed by atoms with Crippen LogP contribution in [0.3, 0.4) is 0 Å². The van der Waals surface area contributed by atoms with Crippen molar-refractivity contribution >= 4 is 22.5 Å². The minimum absolute atomic E-state index is 0.184. The molecule has 5 nitrogen and oxygen atoms in total. The van der Waals surface area contributed by atoms with E-state index in [0.717, 1.165) is 29.4 Å². The molecule has 0 aliphatic heterocycles. The first-order chi connectivity index (χ1) is 10.8. The standard InChI is InChI=1S/C17H18N4O/c22-17(18-10-4-12-21-13-5-11-19-21)20-16-9-3-7-14-6-1-2-8-15(14)16/h1-3,5-9,11,13H,4,10,12H2,(H2,18,20,22). The topological polar surface area (TPSA) is 59.0 Å². The molecule has 1 heterocycles. The summed E-state index contributed by atoms with van der Waals surface area (Å²) in [4.78, 5) is 12.0. The Hall–Kier alpha value is -2.82. The Labute approximate surface area is 128 Å². The number of hydrogen-bond acceptors (Lipinski definition) is 2. The van der Waals surface area contributed by atoms with Crippen molar-refractivity contribution in [3.05, 3.63) is 60.9 Å². The lowest BCUT2D eigenvalue weighted by atomic mass is 10.1. The van der Waals surface area contributed by atoms with Gasteiger partial charge in [0, 0.05) is 30.9 Å². The van der Waals surface area contributed by atoms with E-state index in [4.69, 9.17) is 0 Å². The van der Waals surface area contributed by atoms with Gasteiger partial charge in [-0.1, -0.05) is 36.4 Å². The molecule has 0 saturated carbocycles. The number of nitrogens with one attached hydrogen (secondary N) is 2. The van der Waals surface area contributed by atoms with Crippen LogP contribution in [0, 0.1) is 0 Å². The number of hydrogen-bond donors (Lipinski definition) is 2. The third-order valence-corrected chi connectivity index (χ3v) is 3.45. The average Bonchev–Trinajstić information content (AvgIpc) is 3.05. The second kappa shape index (κ2) is 6.76. The smallest absolute Gasteiger partial charge is 0.319 e. The highest BCUT2D eigenvalue weighted by Gasteiger charge is 2.04. The molecule has 0 spiro atoms. The molecule has 22 heavy (non-hydrogen) atoms. The number of carbonyl (C=O) groups excluding carboxylic acids is 1. The molecule has 3 rings (SSSR count). The summed E-state index contributed by atoms with van der Waals surface area (Å²) in [6, 6.07) is 15.6. The van der Waals surface area contributed by atoms with Crippen molar-refractivity contribution in [2.45, 2.75) is 13.0 Å². The second-order valence-corrected chi connectivity index (χ2v) is 5.03. The number of nitrogens with zero attached hydrogens (tertiary/aromatic N) is 2. The molecular formula is C17H18N4O. The van der Waals surface area contributed by atoms with Gasteiger partial charge in [0.05, 0.1) is 5.69 Å². The van der Waals surface area contributed by atoms with Gasteiger partial charge in [0.15, 0.2) is 0 Å². The van der Waals surface area contributed by atoms with Crippen molar-refractivity contribution in [1.82, 2.24) is 15.1 Å². The van der Waals surface area contributed by atoms with Gasteiger partial charge in [0.1, 0.15) is 0 Å². The van der Waals surface area contributed by atoms with Crippen LogP contribution < -0.4 is 10.6 Å². The van der Waals surface area contributed by atoms with Crippen molar-refractivity contribution in [1.29, 1.82) is 0 Å². The molecule has 0 atom stereocenters. The molecule has 0 bridgehead atoms. The van der Waals surface area contributed by atoms with Crippen LogP contribution in [0.15, 0.2) is 60.9 Å². The number of anilines is 1. The lowest BCUT2D eigenvalue weighted by Gasteiger charge is -2.10. The van der Waals surface area contributed by atoms with Crippen LogP contribution in [0.4, 0.5) is 10.5 Å². The fourth-order valence-electron chi connectivity index (χ4n) is 2.38. The first-order valence-electron chi connectivity index (χ1n) is 7.33. The number of rotatable bonds is 5. The van der Waals surface area contributed by atoms with Crippen LogP contribution in [0.25, 0.3) is 10.8 Å². The highest BCUT2D eigenvalue weighted by Crippen LogP contribution is 2.22. The van der Waals surface area contributed by atoms with Gasteiger partial charge in [-0.25, -0.2) is 4.79 Å². The highest BCUT2D eigenvalue weighted by molar-refractivity contribution is 6.01. The van der Waals surface area contributed by atoms with Crippen LogP contribution in [0.5, 0.6) is 0 Å². The van der Waals surface area contributed by atoms with Crippen LogP contribution in [0.2, 0.25) is 0 Å². The molecule has 0 radical (unpaired) electrons. The molecule has 0 fully saturated rings. The lowest BCUT2D eigenvalue weighted by molar-refractivity contribution is 0.251. The first-order valence-corrected chi connectivity index (χ1v) is 7.33. The van der Waals surface area contributed by atoms with Crippen molar-refractivity contribution in [3.63, 3.8) is 0 Å². The number of fused-ring (bicyclic) bond motifs is 1. The minimum Gasteiger partial charge on any atom is -0.338 e. The van der Waals surface area contributed by atoms with Crippen molar-refractivity contribution in [2.75, 3.05) is 11.9 Å². The van der Waals surface area contributed by atoms with E-state index in [2.05, 4.69) is 15.7 Å². The number of aromatic nitrogens is 2.